The van der Waals surface area contributed by atoms with Crippen LogP contribution in [-0.4, -0.2) is 23.9 Å². The molecule has 4 N–H and O–H groups in total. The minimum absolute atomic E-state index is 0.253. The van der Waals surface area contributed by atoms with Crippen LogP contribution in [0.25, 0.3) is 0 Å². The molecule has 1 aliphatic heterocycles. The van der Waals surface area contributed by atoms with E-state index in [-0.39, 0.29) is 6.79 Å². The number of hydrogen-bond acceptors (Lipinski definition) is 8. The SMILES string of the molecule is COc1ccc(C)cc1Nc1ncnc(NCc2ccc3c(c2)OCO3)c1N. The van der Waals surface area contributed by atoms with Gasteiger partial charge in [0, 0.05) is 6.54 Å². The molecule has 0 saturated carbocycles. The van der Waals surface area contributed by atoms with Crippen LogP contribution >= 0.6 is 0 Å². The molecule has 4 rings (SSSR count). The molecule has 0 saturated heterocycles. The van der Waals surface area contributed by atoms with Crippen molar-refractivity contribution in [3.05, 3.63) is 53.9 Å². The van der Waals surface area contributed by atoms with Gasteiger partial charge in [0.15, 0.2) is 23.1 Å². The Hall–Kier alpha value is -3.68. The van der Waals surface area contributed by atoms with Gasteiger partial charge >= 0.3 is 0 Å². The first kappa shape index (κ1) is 17.7. The summed E-state index contributed by atoms with van der Waals surface area (Å²) in [7, 11) is 1.62. The summed E-state index contributed by atoms with van der Waals surface area (Å²) in [5.74, 6) is 3.25. The average molecular weight is 379 g/mol. The number of fused-ring (bicyclic) bond motifs is 1. The molecule has 2 aromatic carbocycles. The number of nitrogen functional groups attached to an aromatic ring is 1. The lowest BCUT2D eigenvalue weighted by Gasteiger charge is -2.15. The predicted octanol–water partition coefficient (Wildman–Crippen LogP) is 3.46. The fourth-order valence-electron chi connectivity index (χ4n) is 2.92. The number of methoxy groups -OCH3 is 1. The Morgan fingerprint density at radius 1 is 1.07 bits per heavy atom. The second kappa shape index (κ2) is 7.51. The van der Waals surface area contributed by atoms with E-state index in [0.717, 1.165) is 28.3 Å². The number of benzene rings is 2. The highest BCUT2D eigenvalue weighted by Crippen LogP contribution is 2.34. The van der Waals surface area contributed by atoms with Gasteiger partial charge in [-0.2, -0.15) is 0 Å². The van der Waals surface area contributed by atoms with E-state index < -0.39 is 0 Å². The molecule has 28 heavy (non-hydrogen) atoms. The third kappa shape index (κ3) is 3.57. The fraction of sp³-hybridized carbons (Fsp3) is 0.200. The normalized spacial score (nSPS) is 11.9. The molecule has 0 amide bonds. The van der Waals surface area contributed by atoms with Crippen molar-refractivity contribution in [2.24, 2.45) is 0 Å². The minimum atomic E-state index is 0.253. The lowest BCUT2D eigenvalue weighted by molar-refractivity contribution is 0.174. The van der Waals surface area contributed by atoms with Crippen LogP contribution in [0.2, 0.25) is 0 Å². The van der Waals surface area contributed by atoms with Crippen molar-refractivity contribution in [1.29, 1.82) is 0 Å². The number of anilines is 4. The molecule has 8 nitrogen and oxygen atoms in total. The van der Waals surface area contributed by atoms with Gasteiger partial charge in [0.2, 0.25) is 6.79 Å². The molecule has 0 fully saturated rings. The van der Waals surface area contributed by atoms with E-state index in [1.807, 2.05) is 43.3 Å². The zero-order chi connectivity index (χ0) is 19.5. The molecule has 1 aliphatic rings. The fourth-order valence-corrected chi connectivity index (χ4v) is 2.92. The summed E-state index contributed by atoms with van der Waals surface area (Å²) in [5.41, 5.74) is 9.61. The van der Waals surface area contributed by atoms with Crippen LogP contribution in [0.5, 0.6) is 17.2 Å². The van der Waals surface area contributed by atoms with Gasteiger partial charge in [-0.05, 0) is 42.3 Å². The second-order valence-corrected chi connectivity index (χ2v) is 6.35. The quantitative estimate of drug-likeness (QED) is 0.598. The Bertz CT molecular complexity index is 1010. The van der Waals surface area contributed by atoms with E-state index in [4.69, 9.17) is 19.9 Å². The van der Waals surface area contributed by atoms with E-state index >= 15 is 0 Å². The average Bonchev–Trinajstić information content (AvgIpc) is 3.17. The van der Waals surface area contributed by atoms with Gasteiger partial charge < -0.3 is 30.6 Å². The van der Waals surface area contributed by atoms with Gasteiger partial charge in [0.05, 0.1) is 12.8 Å². The highest BCUT2D eigenvalue weighted by atomic mass is 16.7. The second-order valence-electron chi connectivity index (χ2n) is 6.35. The monoisotopic (exact) mass is 379 g/mol. The van der Waals surface area contributed by atoms with Crippen LogP contribution in [0.3, 0.4) is 0 Å². The third-order valence-electron chi connectivity index (χ3n) is 4.39. The lowest BCUT2D eigenvalue weighted by atomic mass is 10.2. The van der Waals surface area contributed by atoms with Gasteiger partial charge in [0.1, 0.15) is 17.8 Å². The van der Waals surface area contributed by atoms with E-state index in [0.29, 0.717) is 29.6 Å². The van der Waals surface area contributed by atoms with E-state index in [1.165, 1.54) is 6.33 Å². The zero-order valence-corrected chi connectivity index (χ0v) is 15.7. The van der Waals surface area contributed by atoms with Crippen molar-refractivity contribution in [2.75, 3.05) is 30.3 Å². The molecule has 0 aliphatic carbocycles. The zero-order valence-electron chi connectivity index (χ0n) is 15.7. The number of ether oxygens (including phenoxy) is 3. The molecular formula is C20H21N5O3. The van der Waals surface area contributed by atoms with Gasteiger partial charge in [0.25, 0.3) is 0 Å². The Kier molecular flexibility index (Phi) is 4.76. The maximum atomic E-state index is 6.28. The first-order valence-corrected chi connectivity index (χ1v) is 8.78. The molecule has 0 spiro atoms. The number of aromatic nitrogens is 2. The highest BCUT2D eigenvalue weighted by molar-refractivity contribution is 5.79. The largest absolute Gasteiger partial charge is 0.495 e. The maximum Gasteiger partial charge on any atom is 0.231 e. The van der Waals surface area contributed by atoms with Gasteiger partial charge in [-0.1, -0.05) is 12.1 Å². The van der Waals surface area contributed by atoms with Crippen molar-refractivity contribution >= 4 is 23.0 Å². The minimum Gasteiger partial charge on any atom is -0.495 e. The number of nitrogens with one attached hydrogen (secondary N) is 2. The third-order valence-corrected chi connectivity index (χ3v) is 4.39. The van der Waals surface area contributed by atoms with Crippen molar-refractivity contribution in [1.82, 2.24) is 9.97 Å². The molecule has 0 unspecified atom stereocenters. The number of nitrogens with two attached hydrogens (primary N) is 1. The Morgan fingerprint density at radius 2 is 1.89 bits per heavy atom. The predicted molar refractivity (Wildman–Crippen MR) is 107 cm³/mol. The number of rotatable bonds is 6. The Labute approximate surface area is 162 Å². The standard InChI is InChI=1S/C20H21N5O3/c1-12-3-5-15(26-2)14(7-12)25-20-18(21)19(23-10-24-20)22-9-13-4-6-16-17(8-13)28-11-27-16/h3-8,10H,9,11,21H2,1-2H3,(H2,22,23,24,25). The molecule has 144 valence electrons. The molecule has 0 radical (unpaired) electrons. The van der Waals surface area contributed by atoms with Crippen LogP contribution < -0.4 is 30.6 Å². The number of hydrogen-bond donors (Lipinski definition) is 3. The summed E-state index contributed by atoms with van der Waals surface area (Å²) >= 11 is 0. The van der Waals surface area contributed by atoms with Crippen LogP contribution in [0, 0.1) is 6.92 Å². The van der Waals surface area contributed by atoms with Crippen LogP contribution in [0.15, 0.2) is 42.7 Å². The summed E-state index contributed by atoms with van der Waals surface area (Å²) in [6.45, 7) is 2.79. The van der Waals surface area contributed by atoms with E-state index in [1.54, 1.807) is 7.11 Å². The first-order valence-electron chi connectivity index (χ1n) is 8.78. The van der Waals surface area contributed by atoms with E-state index in [9.17, 15) is 0 Å². The van der Waals surface area contributed by atoms with Crippen molar-refractivity contribution in [3.63, 3.8) is 0 Å². The topological polar surface area (TPSA) is 104 Å². The van der Waals surface area contributed by atoms with E-state index in [2.05, 4.69) is 20.6 Å². The Morgan fingerprint density at radius 3 is 2.75 bits per heavy atom. The van der Waals surface area contributed by atoms with Gasteiger partial charge in [-0.15, -0.1) is 0 Å². The van der Waals surface area contributed by atoms with Gasteiger partial charge in [-0.25, -0.2) is 9.97 Å². The highest BCUT2D eigenvalue weighted by Gasteiger charge is 2.14. The summed E-state index contributed by atoms with van der Waals surface area (Å²) in [6, 6.07) is 11.6. The summed E-state index contributed by atoms with van der Waals surface area (Å²) in [6.07, 6.45) is 1.46. The number of aryl methyl sites for hydroxylation is 1. The molecule has 3 aromatic rings. The molecule has 2 heterocycles. The summed E-state index contributed by atoms with van der Waals surface area (Å²) in [4.78, 5) is 8.52. The van der Waals surface area contributed by atoms with Gasteiger partial charge in [-0.3, -0.25) is 0 Å². The smallest absolute Gasteiger partial charge is 0.231 e. The molecule has 0 atom stereocenters. The van der Waals surface area contributed by atoms with Crippen molar-refractivity contribution in [2.45, 2.75) is 13.5 Å². The Balaban J connectivity index is 1.51. The molecular weight excluding hydrogens is 358 g/mol. The molecule has 1 aromatic heterocycles. The van der Waals surface area contributed by atoms with Crippen molar-refractivity contribution in [3.8, 4) is 17.2 Å². The van der Waals surface area contributed by atoms with Crippen LogP contribution in [0.4, 0.5) is 23.0 Å². The molecule has 0 bridgehead atoms. The van der Waals surface area contributed by atoms with Crippen LogP contribution in [0.1, 0.15) is 11.1 Å². The first-order chi connectivity index (χ1) is 13.6. The summed E-state index contributed by atoms with van der Waals surface area (Å²) < 4.78 is 16.1. The number of nitrogens with zero attached hydrogens (tertiary/aromatic N) is 2. The molecule has 8 heteroatoms. The maximum absolute atomic E-state index is 6.28. The lowest BCUT2D eigenvalue weighted by Crippen LogP contribution is -2.08. The summed E-state index contributed by atoms with van der Waals surface area (Å²) in [5, 5.41) is 6.47. The van der Waals surface area contributed by atoms with Crippen LogP contribution in [-0.2, 0) is 6.54 Å². The van der Waals surface area contributed by atoms with Crippen molar-refractivity contribution < 1.29 is 14.2 Å².